The Morgan fingerprint density at radius 2 is 1.92 bits per heavy atom. The van der Waals surface area contributed by atoms with Crippen LogP contribution in [0.2, 0.25) is 0 Å². The highest BCUT2D eigenvalue weighted by molar-refractivity contribution is 5.79. The van der Waals surface area contributed by atoms with Crippen LogP contribution in [0, 0.1) is 5.92 Å². The number of hydrogen-bond acceptors (Lipinski definition) is 3. The number of carbonyl (C=O) groups is 2. The average molecular weight is 186 g/mol. The minimum Gasteiger partial charge on any atom is -0.550 e. The van der Waals surface area contributed by atoms with Crippen LogP contribution in [0.4, 0.5) is 0 Å². The van der Waals surface area contributed by atoms with Crippen LogP contribution < -0.4 is 10.4 Å². The Morgan fingerprint density at radius 1 is 1.31 bits per heavy atom. The minimum atomic E-state index is -1.18. The van der Waals surface area contributed by atoms with Gasteiger partial charge in [-0.05, 0) is 18.8 Å². The summed E-state index contributed by atoms with van der Waals surface area (Å²) in [5, 5.41) is 12.6. The zero-order valence-electron chi connectivity index (χ0n) is 8.13. The first-order chi connectivity index (χ1) is 6.02. The number of carboxylic acids is 1. The summed E-state index contributed by atoms with van der Waals surface area (Å²) in [5.41, 5.74) is 0. The molecule has 0 aromatic rings. The van der Waals surface area contributed by atoms with Crippen molar-refractivity contribution in [3.8, 4) is 0 Å². The van der Waals surface area contributed by atoms with E-state index in [4.69, 9.17) is 0 Å². The molecule has 1 N–H and O–H groups in total. The molecule has 0 heterocycles. The lowest BCUT2D eigenvalue weighted by Crippen LogP contribution is -2.28. The molecular weight excluding hydrogens is 170 g/mol. The summed E-state index contributed by atoms with van der Waals surface area (Å²) >= 11 is 0. The maximum Gasteiger partial charge on any atom is 0.220 e. The van der Waals surface area contributed by atoms with Gasteiger partial charge in [-0.15, -0.1) is 0 Å². The van der Waals surface area contributed by atoms with E-state index in [2.05, 4.69) is 19.2 Å². The van der Waals surface area contributed by atoms with Crippen LogP contribution in [-0.4, -0.2) is 18.4 Å². The van der Waals surface area contributed by atoms with Gasteiger partial charge in [-0.2, -0.15) is 0 Å². The molecular formula is C9H16NO3-. The third kappa shape index (κ3) is 8.85. The van der Waals surface area contributed by atoms with Gasteiger partial charge >= 0.3 is 0 Å². The Labute approximate surface area is 78.3 Å². The molecule has 0 rings (SSSR count). The quantitative estimate of drug-likeness (QED) is 0.618. The summed E-state index contributed by atoms with van der Waals surface area (Å²) in [6, 6.07) is 0. The minimum absolute atomic E-state index is 0.0143. The molecule has 4 heteroatoms. The van der Waals surface area contributed by atoms with Crippen LogP contribution in [0.15, 0.2) is 0 Å². The fourth-order valence-electron chi connectivity index (χ4n) is 0.804. The number of carboxylic acid groups (broad SMARTS) is 1. The van der Waals surface area contributed by atoms with Gasteiger partial charge in [0.1, 0.15) is 0 Å². The number of rotatable bonds is 6. The Hall–Kier alpha value is -1.06. The third-order valence-corrected chi connectivity index (χ3v) is 1.60. The van der Waals surface area contributed by atoms with Crippen molar-refractivity contribution in [3.05, 3.63) is 0 Å². The molecule has 0 aliphatic carbocycles. The van der Waals surface area contributed by atoms with Crippen LogP contribution in [0.3, 0.4) is 0 Å². The molecule has 0 aromatic heterocycles. The van der Waals surface area contributed by atoms with E-state index in [1.54, 1.807) is 0 Å². The van der Waals surface area contributed by atoms with Crippen molar-refractivity contribution in [1.82, 2.24) is 5.32 Å². The maximum atomic E-state index is 10.9. The molecule has 4 nitrogen and oxygen atoms in total. The second-order valence-electron chi connectivity index (χ2n) is 3.40. The molecule has 76 valence electrons. The number of amides is 1. The lowest BCUT2D eigenvalue weighted by molar-refractivity contribution is -0.305. The summed E-state index contributed by atoms with van der Waals surface area (Å²) in [7, 11) is 0. The van der Waals surface area contributed by atoms with E-state index in [0.717, 1.165) is 6.42 Å². The monoisotopic (exact) mass is 186 g/mol. The summed E-state index contributed by atoms with van der Waals surface area (Å²) in [6.07, 6.45) is 0.727. The first kappa shape index (κ1) is 11.9. The lowest BCUT2D eigenvalue weighted by atomic mass is 10.1. The van der Waals surface area contributed by atoms with Crippen LogP contribution >= 0.6 is 0 Å². The normalized spacial score (nSPS) is 10.1. The fourth-order valence-corrected chi connectivity index (χ4v) is 0.804. The van der Waals surface area contributed by atoms with E-state index >= 15 is 0 Å². The third-order valence-electron chi connectivity index (χ3n) is 1.60. The molecule has 0 atom stereocenters. The predicted octanol–water partition coefficient (Wildman–Crippen LogP) is -0.321. The second kappa shape index (κ2) is 6.46. The Balaban J connectivity index is 3.36. The predicted molar refractivity (Wildman–Crippen MR) is 46.7 cm³/mol. The van der Waals surface area contributed by atoms with Crippen molar-refractivity contribution >= 4 is 11.9 Å². The first-order valence-corrected chi connectivity index (χ1v) is 4.49. The Kier molecular flexibility index (Phi) is 5.93. The van der Waals surface area contributed by atoms with Gasteiger partial charge in [-0.25, -0.2) is 0 Å². The fraction of sp³-hybridized carbons (Fsp3) is 0.778. The van der Waals surface area contributed by atoms with Gasteiger partial charge < -0.3 is 15.2 Å². The largest absolute Gasteiger partial charge is 0.550 e. The SMILES string of the molecule is CC(C)CCNC(=O)CCC(=O)[O-]. The molecule has 0 spiro atoms. The number of aliphatic carboxylic acids is 1. The van der Waals surface area contributed by atoms with Crippen molar-refractivity contribution < 1.29 is 14.7 Å². The van der Waals surface area contributed by atoms with E-state index in [1.807, 2.05) is 0 Å². The molecule has 0 aliphatic rings. The van der Waals surface area contributed by atoms with Gasteiger partial charge in [0.15, 0.2) is 0 Å². The molecule has 0 fully saturated rings. The Bertz CT molecular complexity index is 178. The van der Waals surface area contributed by atoms with E-state index < -0.39 is 5.97 Å². The van der Waals surface area contributed by atoms with Gasteiger partial charge in [0.25, 0.3) is 0 Å². The average Bonchev–Trinajstić information content (AvgIpc) is 2.00. The van der Waals surface area contributed by atoms with Crippen LogP contribution in [0.1, 0.15) is 33.1 Å². The molecule has 0 bridgehead atoms. The molecule has 0 saturated heterocycles. The van der Waals surface area contributed by atoms with E-state index in [1.165, 1.54) is 0 Å². The second-order valence-corrected chi connectivity index (χ2v) is 3.40. The molecule has 0 aliphatic heterocycles. The van der Waals surface area contributed by atoms with Gasteiger partial charge in [0.2, 0.25) is 5.91 Å². The van der Waals surface area contributed by atoms with Crippen LogP contribution in [-0.2, 0) is 9.59 Å². The van der Waals surface area contributed by atoms with Gasteiger partial charge in [-0.3, -0.25) is 4.79 Å². The molecule has 0 radical (unpaired) electrons. The first-order valence-electron chi connectivity index (χ1n) is 4.49. The van der Waals surface area contributed by atoms with Gasteiger partial charge in [0.05, 0.1) is 0 Å². The highest BCUT2D eigenvalue weighted by Gasteiger charge is 2.00. The molecule has 0 saturated carbocycles. The van der Waals surface area contributed by atoms with Crippen molar-refractivity contribution in [2.45, 2.75) is 33.1 Å². The lowest BCUT2D eigenvalue weighted by Gasteiger charge is -2.07. The zero-order valence-corrected chi connectivity index (χ0v) is 8.13. The van der Waals surface area contributed by atoms with Gasteiger partial charge in [0, 0.05) is 18.9 Å². The summed E-state index contributed by atoms with van der Waals surface area (Å²) < 4.78 is 0. The van der Waals surface area contributed by atoms with Crippen molar-refractivity contribution in [2.24, 2.45) is 5.92 Å². The topological polar surface area (TPSA) is 69.2 Å². The zero-order chi connectivity index (χ0) is 10.3. The standard InChI is InChI=1S/C9H17NO3/c1-7(2)5-6-10-8(11)3-4-9(12)13/h7H,3-6H2,1-2H3,(H,10,11)(H,12,13)/p-1. The van der Waals surface area contributed by atoms with Crippen molar-refractivity contribution in [2.75, 3.05) is 6.54 Å². The van der Waals surface area contributed by atoms with E-state index in [9.17, 15) is 14.7 Å². The van der Waals surface area contributed by atoms with E-state index in [0.29, 0.717) is 12.5 Å². The van der Waals surface area contributed by atoms with Crippen LogP contribution in [0.25, 0.3) is 0 Å². The Morgan fingerprint density at radius 3 is 2.38 bits per heavy atom. The summed E-state index contributed by atoms with van der Waals surface area (Å²) in [5.74, 6) is -0.856. The molecule has 13 heavy (non-hydrogen) atoms. The molecule has 0 unspecified atom stereocenters. The number of carbonyl (C=O) groups excluding carboxylic acids is 2. The van der Waals surface area contributed by atoms with E-state index in [-0.39, 0.29) is 18.7 Å². The number of nitrogens with one attached hydrogen (secondary N) is 1. The highest BCUT2D eigenvalue weighted by Crippen LogP contribution is 1.96. The molecule has 1 amide bonds. The number of hydrogen-bond donors (Lipinski definition) is 1. The highest BCUT2D eigenvalue weighted by atomic mass is 16.4. The van der Waals surface area contributed by atoms with Crippen molar-refractivity contribution in [1.29, 1.82) is 0 Å². The van der Waals surface area contributed by atoms with Crippen LogP contribution in [0.5, 0.6) is 0 Å². The summed E-state index contributed by atoms with van der Waals surface area (Å²) in [4.78, 5) is 20.9. The summed E-state index contributed by atoms with van der Waals surface area (Å²) in [6.45, 7) is 4.74. The maximum absolute atomic E-state index is 10.9. The molecule has 0 aromatic carbocycles. The van der Waals surface area contributed by atoms with Crippen molar-refractivity contribution in [3.63, 3.8) is 0 Å². The van der Waals surface area contributed by atoms with Gasteiger partial charge in [-0.1, -0.05) is 13.8 Å². The smallest absolute Gasteiger partial charge is 0.220 e.